The molecular formula is C14H14F2N2OS2. The number of carbonyl (C=O) groups is 1. The van der Waals surface area contributed by atoms with Crippen LogP contribution in [0.2, 0.25) is 0 Å². The minimum atomic E-state index is -0.767. The van der Waals surface area contributed by atoms with Crippen LogP contribution in [0, 0.1) is 23.0 Å². The van der Waals surface area contributed by atoms with Crippen LogP contribution in [-0.2, 0) is 4.79 Å². The summed E-state index contributed by atoms with van der Waals surface area (Å²) in [6.45, 7) is 0. The van der Waals surface area contributed by atoms with E-state index in [9.17, 15) is 13.6 Å². The predicted molar refractivity (Wildman–Crippen MR) is 80.1 cm³/mol. The van der Waals surface area contributed by atoms with Crippen molar-refractivity contribution in [3.63, 3.8) is 0 Å². The quantitative estimate of drug-likeness (QED) is 0.844. The molecule has 1 aliphatic heterocycles. The van der Waals surface area contributed by atoms with Crippen LogP contribution in [0.3, 0.4) is 0 Å². The Labute approximate surface area is 130 Å². The zero-order valence-corrected chi connectivity index (χ0v) is 12.8. The number of nitrogens with zero attached hydrogens (tertiary/aromatic N) is 1. The van der Waals surface area contributed by atoms with Crippen molar-refractivity contribution in [3.8, 4) is 6.07 Å². The smallest absolute Gasteiger partial charge is 0.222 e. The average molecular weight is 328 g/mol. The Kier molecular flexibility index (Phi) is 5.48. The summed E-state index contributed by atoms with van der Waals surface area (Å²) >= 11 is 2.73. The molecule has 2 rings (SSSR count). The van der Waals surface area contributed by atoms with E-state index in [1.165, 1.54) is 0 Å². The second kappa shape index (κ2) is 7.14. The topological polar surface area (TPSA) is 52.9 Å². The SMILES string of the molecule is N#C[C@]1(NC(=O)CCSc2cc(F)ccc2F)CCSC1. The van der Waals surface area contributed by atoms with Gasteiger partial charge in [-0.1, -0.05) is 0 Å². The summed E-state index contributed by atoms with van der Waals surface area (Å²) in [5.74, 6) is 0.555. The Bertz CT molecular complexity index is 569. The zero-order chi connectivity index (χ0) is 15.3. The fourth-order valence-electron chi connectivity index (χ4n) is 1.95. The van der Waals surface area contributed by atoms with Gasteiger partial charge in [0.1, 0.15) is 17.2 Å². The van der Waals surface area contributed by atoms with E-state index in [0.29, 0.717) is 17.9 Å². The predicted octanol–water partition coefficient (Wildman–Crippen LogP) is 2.96. The van der Waals surface area contributed by atoms with Crippen LogP contribution >= 0.6 is 23.5 Å². The van der Waals surface area contributed by atoms with E-state index < -0.39 is 17.2 Å². The number of rotatable bonds is 5. The van der Waals surface area contributed by atoms with E-state index in [0.717, 1.165) is 35.7 Å². The van der Waals surface area contributed by atoms with Gasteiger partial charge in [0.05, 0.1) is 6.07 Å². The van der Waals surface area contributed by atoms with E-state index in [4.69, 9.17) is 5.26 Å². The highest BCUT2D eigenvalue weighted by Gasteiger charge is 2.35. The van der Waals surface area contributed by atoms with Crippen molar-refractivity contribution in [2.75, 3.05) is 17.3 Å². The molecule has 1 saturated heterocycles. The van der Waals surface area contributed by atoms with Crippen molar-refractivity contribution in [2.24, 2.45) is 0 Å². The maximum Gasteiger partial charge on any atom is 0.222 e. The summed E-state index contributed by atoms with van der Waals surface area (Å²) in [5, 5.41) is 11.9. The minimum Gasteiger partial charge on any atom is -0.337 e. The van der Waals surface area contributed by atoms with Crippen LogP contribution in [0.25, 0.3) is 0 Å². The third-order valence-electron chi connectivity index (χ3n) is 3.09. The lowest BCUT2D eigenvalue weighted by atomic mass is 10.0. The third kappa shape index (κ3) is 4.35. The van der Waals surface area contributed by atoms with Crippen LogP contribution in [-0.4, -0.2) is 28.7 Å². The van der Waals surface area contributed by atoms with Crippen molar-refractivity contribution in [1.29, 1.82) is 5.26 Å². The molecule has 0 aromatic heterocycles. The monoisotopic (exact) mass is 328 g/mol. The Morgan fingerprint density at radius 3 is 3.00 bits per heavy atom. The van der Waals surface area contributed by atoms with Gasteiger partial charge < -0.3 is 5.32 Å². The molecule has 7 heteroatoms. The highest BCUT2D eigenvalue weighted by molar-refractivity contribution is 7.99. The molecule has 1 N–H and O–H groups in total. The van der Waals surface area contributed by atoms with Gasteiger partial charge in [-0.2, -0.15) is 17.0 Å². The third-order valence-corrected chi connectivity index (χ3v) is 5.32. The largest absolute Gasteiger partial charge is 0.337 e. The summed E-state index contributed by atoms with van der Waals surface area (Å²) in [7, 11) is 0. The second-order valence-electron chi connectivity index (χ2n) is 4.72. The Balaban J connectivity index is 1.82. The van der Waals surface area contributed by atoms with Gasteiger partial charge in [-0.3, -0.25) is 4.79 Å². The number of thioether (sulfide) groups is 2. The maximum atomic E-state index is 13.4. The Morgan fingerprint density at radius 1 is 1.52 bits per heavy atom. The highest BCUT2D eigenvalue weighted by atomic mass is 32.2. The van der Waals surface area contributed by atoms with Gasteiger partial charge in [0, 0.05) is 22.8 Å². The number of nitrogens with one attached hydrogen (secondary N) is 1. The first-order valence-electron chi connectivity index (χ1n) is 6.42. The summed E-state index contributed by atoms with van der Waals surface area (Å²) in [5.41, 5.74) is -0.767. The zero-order valence-electron chi connectivity index (χ0n) is 11.2. The molecule has 0 unspecified atom stereocenters. The van der Waals surface area contributed by atoms with Crippen molar-refractivity contribution in [2.45, 2.75) is 23.3 Å². The molecule has 1 amide bonds. The van der Waals surface area contributed by atoms with Gasteiger partial charge in [0.15, 0.2) is 0 Å². The number of nitriles is 1. The molecule has 1 fully saturated rings. The van der Waals surface area contributed by atoms with Crippen molar-refractivity contribution >= 4 is 29.4 Å². The minimum absolute atomic E-state index is 0.161. The van der Waals surface area contributed by atoms with Gasteiger partial charge >= 0.3 is 0 Å². The van der Waals surface area contributed by atoms with E-state index in [2.05, 4.69) is 11.4 Å². The molecule has 1 atom stereocenters. The standard InChI is InChI=1S/C14H14F2N2OS2/c15-10-1-2-11(16)12(7-10)21-5-3-13(19)18-14(8-17)4-6-20-9-14/h1-2,7H,3-6,9H2,(H,18,19)/t14-/m1/s1. The van der Waals surface area contributed by atoms with Crippen LogP contribution in [0.5, 0.6) is 0 Å². The van der Waals surface area contributed by atoms with Crippen molar-refractivity contribution in [1.82, 2.24) is 5.32 Å². The highest BCUT2D eigenvalue weighted by Crippen LogP contribution is 2.28. The summed E-state index contributed by atoms with van der Waals surface area (Å²) in [4.78, 5) is 12.0. The fourth-order valence-corrected chi connectivity index (χ4v) is 4.13. The molecule has 112 valence electrons. The number of carbonyl (C=O) groups excluding carboxylic acids is 1. The second-order valence-corrected chi connectivity index (χ2v) is 6.96. The van der Waals surface area contributed by atoms with E-state index in [1.54, 1.807) is 11.8 Å². The molecule has 1 aromatic rings. The first kappa shape index (κ1) is 16.1. The molecule has 0 radical (unpaired) electrons. The molecule has 1 heterocycles. The lowest BCUT2D eigenvalue weighted by molar-refractivity contribution is -0.121. The first-order chi connectivity index (χ1) is 10.0. The van der Waals surface area contributed by atoms with Gasteiger partial charge in [0.25, 0.3) is 0 Å². The summed E-state index contributed by atoms with van der Waals surface area (Å²) in [6.07, 6.45) is 0.806. The number of benzene rings is 1. The fraction of sp³-hybridized carbons (Fsp3) is 0.429. The lowest BCUT2D eigenvalue weighted by Crippen LogP contribution is -2.47. The number of hydrogen-bond donors (Lipinski definition) is 1. The maximum absolute atomic E-state index is 13.4. The lowest BCUT2D eigenvalue weighted by Gasteiger charge is -2.21. The first-order valence-corrected chi connectivity index (χ1v) is 8.56. The molecule has 0 saturated carbocycles. The normalized spacial score (nSPS) is 21.0. The molecule has 0 bridgehead atoms. The van der Waals surface area contributed by atoms with Gasteiger partial charge in [-0.15, -0.1) is 11.8 Å². The number of halogens is 2. The molecule has 1 aromatic carbocycles. The van der Waals surface area contributed by atoms with Crippen molar-refractivity contribution in [3.05, 3.63) is 29.8 Å². The average Bonchev–Trinajstić information content (AvgIpc) is 2.91. The Morgan fingerprint density at radius 2 is 2.33 bits per heavy atom. The van der Waals surface area contributed by atoms with Crippen LogP contribution in [0.15, 0.2) is 23.1 Å². The van der Waals surface area contributed by atoms with Gasteiger partial charge in [-0.05, 0) is 30.4 Å². The van der Waals surface area contributed by atoms with Crippen LogP contribution in [0.4, 0.5) is 8.78 Å². The molecule has 21 heavy (non-hydrogen) atoms. The van der Waals surface area contributed by atoms with Crippen molar-refractivity contribution < 1.29 is 13.6 Å². The van der Waals surface area contributed by atoms with E-state index >= 15 is 0 Å². The Hall–Kier alpha value is -1.26. The van der Waals surface area contributed by atoms with Crippen LogP contribution < -0.4 is 5.32 Å². The molecular weight excluding hydrogens is 314 g/mol. The molecule has 0 spiro atoms. The van der Waals surface area contributed by atoms with E-state index in [-0.39, 0.29) is 17.2 Å². The summed E-state index contributed by atoms with van der Waals surface area (Å²) < 4.78 is 26.4. The molecule has 0 aliphatic carbocycles. The summed E-state index contributed by atoms with van der Waals surface area (Å²) in [6, 6.07) is 5.40. The van der Waals surface area contributed by atoms with Gasteiger partial charge in [-0.25, -0.2) is 8.78 Å². The number of amides is 1. The molecule has 1 aliphatic rings. The van der Waals surface area contributed by atoms with E-state index in [1.807, 2.05) is 0 Å². The van der Waals surface area contributed by atoms with Crippen LogP contribution in [0.1, 0.15) is 12.8 Å². The number of hydrogen-bond acceptors (Lipinski definition) is 4. The molecule has 3 nitrogen and oxygen atoms in total. The van der Waals surface area contributed by atoms with Gasteiger partial charge in [0.2, 0.25) is 5.91 Å².